The van der Waals surface area contributed by atoms with Gasteiger partial charge in [-0.25, -0.2) is 8.42 Å². The van der Waals surface area contributed by atoms with Gasteiger partial charge in [-0.05, 0) is 46.3 Å². The lowest BCUT2D eigenvalue weighted by Crippen LogP contribution is -2.16. The van der Waals surface area contributed by atoms with E-state index >= 15 is 0 Å². The van der Waals surface area contributed by atoms with E-state index in [-0.39, 0.29) is 0 Å². The number of hydrogen-bond donors (Lipinski definition) is 2. The van der Waals surface area contributed by atoms with Crippen LogP contribution >= 0.6 is 15.9 Å². The average Bonchev–Trinajstić information content (AvgIpc) is 2.48. The summed E-state index contributed by atoms with van der Waals surface area (Å²) < 4.78 is 30.9. The molecule has 122 valence electrons. The SMILES string of the molecule is COc1ccc(Br)c(C(=O)Nc2ccccc2NS(C)(=O)=O)c1. The summed E-state index contributed by atoms with van der Waals surface area (Å²) in [4.78, 5) is 12.4. The molecule has 2 aromatic rings. The van der Waals surface area contributed by atoms with Crippen LogP contribution in [0.25, 0.3) is 0 Å². The first-order valence-corrected chi connectivity index (χ1v) is 9.20. The molecule has 0 spiro atoms. The van der Waals surface area contributed by atoms with Crippen LogP contribution in [-0.4, -0.2) is 27.7 Å². The highest BCUT2D eigenvalue weighted by Gasteiger charge is 2.14. The van der Waals surface area contributed by atoms with Crippen LogP contribution in [0.5, 0.6) is 5.75 Å². The van der Waals surface area contributed by atoms with E-state index in [9.17, 15) is 13.2 Å². The van der Waals surface area contributed by atoms with Gasteiger partial charge in [0.1, 0.15) is 5.75 Å². The number of hydrogen-bond acceptors (Lipinski definition) is 4. The second-order valence-corrected chi connectivity index (χ2v) is 7.32. The Bertz CT molecular complexity index is 837. The van der Waals surface area contributed by atoms with Gasteiger partial charge in [0, 0.05) is 4.47 Å². The van der Waals surface area contributed by atoms with Crippen LogP contribution in [0, 0.1) is 0 Å². The fraction of sp³-hybridized carbons (Fsp3) is 0.133. The molecule has 0 saturated heterocycles. The number of amides is 1. The fourth-order valence-corrected chi connectivity index (χ4v) is 2.88. The van der Waals surface area contributed by atoms with E-state index in [1.54, 1.807) is 42.5 Å². The highest BCUT2D eigenvalue weighted by Crippen LogP contribution is 2.26. The fourth-order valence-electron chi connectivity index (χ4n) is 1.88. The third-order valence-corrected chi connectivity index (χ3v) is 4.17. The zero-order chi connectivity index (χ0) is 17.0. The summed E-state index contributed by atoms with van der Waals surface area (Å²) >= 11 is 3.31. The normalized spacial score (nSPS) is 10.9. The van der Waals surface area contributed by atoms with E-state index in [1.165, 1.54) is 7.11 Å². The molecule has 0 aromatic heterocycles. The predicted octanol–water partition coefficient (Wildman–Crippen LogP) is 3.08. The van der Waals surface area contributed by atoms with Gasteiger partial charge in [0.2, 0.25) is 10.0 Å². The van der Waals surface area contributed by atoms with Gasteiger partial charge in [-0.2, -0.15) is 0 Å². The lowest BCUT2D eigenvalue weighted by atomic mass is 10.2. The number of carbonyl (C=O) groups is 1. The smallest absolute Gasteiger partial charge is 0.257 e. The summed E-state index contributed by atoms with van der Waals surface area (Å²) in [5.41, 5.74) is 1.03. The Morgan fingerprint density at radius 1 is 1.13 bits per heavy atom. The molecule has 2 rings (SSSR count). The molecule has 8 heteroatoms. The van der Waals surface area contributed by atoms with Gasteiger partial charge < -0.3 is 10.1 Å². The molecule has 1 amide bonds. The number of para-hydroxylation sites is 2. The molecule has 0 radical (unpaired) electrons. The van der Waals surface area contributed by atoms with Crippen LogP contribution in [-0.2, 0) is 10.0 Å². The van der Waals surface area contributed by atoms with Crippen molar-refractivity contribution >= 4 is 43.2 Å². The predicted molar refractivity (Wildman–Crippen MR) is 93.6 cm³/mol. The van der Waals surface area contributed by atoms with Crippen molar-refractivity contribution in [2.24, 2.45) is 0 Å². The largest absolute Gasteiger partial charge is 0.497 e. The van der Waals surface area contributed by atoms with Crippen LogP contribution < -0.4 is 14.8 Å². The second-order valence-electron chi connectivity index (χ2n) is 4.72. The number of ether oxygens (including phenoxy) is 1. The van der Waals surface area contributed by atoms with Crippen LogP contribution in [0.1, 0.15) is 10.4 Å². The minimum Gasteiger partial charge on any atom is -0.497 e. The van der Waals surface area contributed by atoms with Crippen molar-refractivity contribution in [1.82, 2.24) is 0 Å². The van der Waals surface area contributed by atoms with Crippen molar-refractivity contribution < 1.29 is 17.9 Å². The molecule has 0 unspecified atom stereocenters. The van der Waals surface area contributed by atoms with Crippen molar-refractivity contribution in [1.29, 1.82) is 0 Å². The Kier molecular flexibility index (Phi) is 5.27. The Labute approximate surface area is 143 Å². The van der Waals surface area contributed by atoms with Crippen LogP contribution in [0.15, 0.2) is 46.9 Å². The molecular weight excluding hydrogens is 384 g/mol. The Balaban J connectivity index is 2.31. The zero-order valence-corrected chi connectivity index (χ0v) is 14.9. The Morgan fingerprint density at radius 2 is 1.78 bits per heavy atom. The van der Waals surface area contributed by atoms with E-state index in [0.717, 1.165) is 6.26 Å². The Morgan fingerprint density at radius 3 is 2.39 bits per heavy atom. The van der Waals surface area contributed by atoms with Gasteiger partial charge in [-0.1, -0.05) is 12.1 Å². The number of benzene rings is 2. The maximum Gasteiger partial charge on any atom is 0.257 e. The van der Waals surface area contributed by atoms with Crippen LogP contribution in [0.3, 0.4) is 0 Å². The lowest BCUT2D eigenvalue weighted by molar-refractivity contribution is 0.102. The lowest BCUT2D eigenvalue weighted by Gasteiger charge is -2.13. The first-order chi connectivity index (χ1) is 10.8. The van der Waals surface area contributed by atoms with Gasteiger partial charge in [0.15, 0.2) is 0 Å². The van der Waals surface area contributed by atoms with Gasteiger partial charge >= 0.3 is 0 Å². The number of nitrogens with one attached hydrogen (secondary N) is 2. The second kappa shape index (κ2) is 7.01. The maximum atomic E-state index is 12.4. The third kappa shape index (κ3) is 4.70. The van der Waals surface area contributed by atoms with Gasteiger partial charge in [-0.15, -0.1) is 0 Å². The summed E-state index contributed by atoms with van der Waals surface area (Å²) in [6, 6.07) is 11.6. The summed E-state index contributed by atoms with van der Waals surface area (Å²) in [6.45, 7) is 0. The quantitative estimate of drug-likeness (QED) is 0.810. The topological polar surface area (TPSA) is 84.5 Å². The van der Waals surface area contributed by atoms with Crippen molar-refractivity contribution in [3.05, 3.63) is 52.5 Å². The molecule has 0 aliphatic carbocycles. The summed E-state index contributed by atoms with van der Waals surface area (Å²) in [5, 5.41) is 2.69. The van der Waals surface area contributed by atoms with E-state index in [4.69, 9.17) is 4.74 Å². The highest BCUT2D eigenvalue weighted by atomic mass is 79.9. The van der Waals surface area contributed by atoms with E-state index in [0.29, 0.717) is 27.2 Å². The molecular formula is C15H15BrN2O4S. The van der Waals surface area contributed by atoms with Gasteiger partial charge in [0.05, 0.1) is 30.3 Å². The summed E-state index contributed by atoms with van der Waals surface area (Å²) in [7, 11) is -1.94. The first kappa shape index (κ1) is 17.3. The van der Waals surface area contributed by atoms with Crippen LogP contribution in [0.4, 0.5) is 11.4 Å². The molecule has 0 atom stereocenters. The van der Waals surface area contributed by atoms with Crippen molar-refractivity contribution in [2.45, 2.75) is 0 Å². The Hall–Kier alpha value is -2.06. The molecule has 0 aliphatic heterocycles. The molecule has 2 N–H and O–H groups in total. The summed E-state index contributed by atoms with van der Waals surface area (Å²) in [6.07, 6.45) is 1.05. The van der Waals surface area contributed by atoms with E-state index < -0.39 is 15.9 Å². The van der Waals surface area contributed by atoms with Crippen LogP contribution in [0.2, 0.25) is 0 Å². The number of rotatable bonds is 5. The molecule has 0 aliphatic rings. The number of carbonyl (C=O) groups excluding carboxylic acids is 1. The molecule has 0 heterocycles. The molecule has 0 bridgehead atoms. The molecule has 0 saturated carbocycles. The standard InChI is InChI=1S/C15H15BrN2O4S/c1-22-10-7-8-12(16)11(9-10)15(19)17-13-5-3-4-6-14(13)18-23(2,20)21/h3-9,18H,1-2H3,(H,17,19). The monoisotopic (exact) mass is 398 g/mol. The molecule has 23 heavy (non-hydrogen) atoms. The first-order valence-electron chi connectivity index (χ1n) is 6.52. The molecule has 6 nitrogen and oxygen atoms in total. The summed E-state index contributed by atoms with van der Waals surface area (Å²) in [5.74, 6) is 0.152. The van der Waals surface area contributed by atoms with Crippen molar-refractivity contribution in [2.75, 3.05) is 23.4 Å². The van der Waals surface area contributed by atoms with Crippen molar-refractivity contribution in [3.8, 4) is 5.75 Å². The maximum absolute atomic E-state index is 12.4. The van der Waals surface area contributed by atoms with E-state index in [2.05, 4.69) is 26.0 Å². The van der Waals surface area contributed by atoms with Gasteiger partial charge in [-0.3, -0.25) is 9.52 Å². The molecule has 2 aromatic carbocycles. The minimum absolute atomic E-state index is 0.294. The van der Waals surface area contributed by atoms with Gasteiger partial charge in [0.25, 0.3) is 5.91 Å². The van der Waals surface area contributed by atoms with E-state index in [1.807, 2.05) is 0 Å². The number of methoxy groups -OCH3 is 1. The average molecular weight is 399 g/mol. The molecule has 0 fully saturated rings. The highest BCUT2D eigenvalue weighted by molar-refractivity contribution is 9.10. The zero-order valence-electron chi connectivity index (χ0n) is 12.5. The number of halogens is 1. The third-order valence-electron chi connectivity index (χ3n) is 2.89. The van der Waals surface area contributed by atoms with Crippen molar-refractivity contribution in [3.63, 3.8) is 0 Å². The minimum atomic E-state index is -3.45. The number of anilines is 2. The number of sulfonamides is 1.